The molecule has 0 unspecified atom stereocenters. The van der Waals surface area contributed by atoms with Gasteiger partial charge in [0.2, 0.25) is 5.43 Å². The molecule has 1 aromatic heterocycles. The third-order valence-corrected chi connectivity index (χ3v) is 4.17. The molecule has 7 heteroatoms. The molecule has 1 amide bonds. The number of methoxy groups -OCH3 is 1. The molecule has 1 heterocycles. The summed E-state index contributed by atoms with van der Waals surface area (Å²) in [7, 11) is 1.56. The number of benzene rings is 2. The number of aromatic hydroxyl groups is 1. The van der Waals surface area contributed by atoms with Crippen molar-refractivity contribution in [2.75, 3.05) is 20.3 Å². The Labute approximate surface area is 161 Å². The van der Waals surface area contributed by atoms with E-state index in [0.29, 0.717) is 23.4 Å². The zero-order valence-electron chi connectivity index (χ0n) is 15.7. The molecule has 0 fully saturated rings. The van der Waals surface area contributed by atoms with E-state index in [-0.39, 0.29) is 40.4 Å². The molecule has 3 rings (SSSR count). The van der Waals surface area contributed by atoms with Crippen molar-refractivity contribution in [1.82, 2.24) is 5.32 Å². The van der Waals surface area contributed by atoms with Crippen LogP contribution in [0, 0.1) is 0 Å². The van der Waals surface area contributed by atoms with E-state index in [4.69, 9.17) is 13.9 Å². The van der Waals surface area contributed by atoms with Gasteiger partial charge in [0.05, 0.1) is 12.7 Å². The number of rotatable bonds is 7. The maximum Gasteiger partial charge on any atom is 0.257 e. The number of phenols is 1. The van der Waals surface area contributed by atoms with Crippen molar-refractivity contribution in [2.45, 2.75) is 13.3 Å². The van der Waals surface area contributed by atoms with Crippen LogP contribution in [-0.2, 0) is 4.79 Å². The number of ether oxygens (including phenoxy) is 2. The lowest BCUT2D eigenvalue weighted by atomic mass is 10.0. The van der Waals surface area contributed by atoms with Gasteiger partial charge in [-0.3, -0.25) is 9.59 Å². The summed E-state index contributed by atoms with van der Waals surface area (Å²) in [5.74, 6) is 0.363. The molecule has 0 saturated heterocycles. The topological polar surface area (TPSA) is 98.0 Å². The number of hydrogen-bond acceptors (Lipinski definition) is 6. The molecule has 146 valence electrons. The van der Waals surface area contributed by atoms with Gasteiger partial charge in [0.15, 0.2) is 6.61 Å². The molecule has 0 aliphatic rings. The summed E-state index contributed by atoms with van der Waals surface area (Å²) in [5, 5.41) is 13.1. The third-order valence-electron chi connectivity index (χ3n) is 4.17. The summed E-state index contributed by atoms with van der Waals surface area (Å²) < 4.78 is 16.1. The van der Waals surface area contributed by atoms with Gasteiger partial charge in [-0.15, -0.1) is 0 Å². The van der Waals surface area contributed by atoms with Crippen LogP contribution in [0.4, 0.5) is 0 Å². The zero-order chi connectivity index (χ0) is 20.1. The van der Waals surface area contributed by atoms with Crippen molar-refractivity contribution < 1.29 is 23.8 Å². The lowest BCUT2D eigenvalue weighted by molar-refractivity contribution is -0.123. The van der Waals surface area contributed by atoms with Crippen molar-refractivity contribution in [2.24, 2.45) is 0 Å². The fourth-order valence-corrected chi connectivity index (χ4v) is 2.73. The van der Waals surface area contributed by atoms with Gasteiger partial charge in [-0.1, -0.05) is 19.1 Å². The Hall–Kier alpha value is -3.48. The van der Waals surface area contributed by atoms with Crippen LogP contribution in [0.1, 0.15) is 13.3 Å². The van der Waals surface area contributed by atoms with E-state index in [9.17, 15) is 14.7 Å². The van der Waals surface area contributed by atoms with Crippen LogP contribution in [0.3, 0.4) is 0 Å². The fraction of sp³-hybridized carbons (Fsp3) is 0.238. The second-order valence-corrected chi connectivity index (χ2v) is 6.16. The van der Waals surface area contributed by atoms with Gasteiger partial charge >= 0.3 is 0 Å². The summed E-state index contributed by atoms with van der Waals surface area (Å²) >= 11 is 0. The Morgan fingerprint density at radius 3 is 2.61 bits per heavy atom. The van der Waals surface area contributed by atoms with Gasteiger partial charge in [0, 0.05) is 18.7 Å². The highest BCUT2D eigenvalue weighted by Crippen LogP contribution is 2.30. The standard InChI is InChI=1S/C21H21NO6/c1-3-8-22-19(24)12-27-15-9-17(23)20-18(10-15)28-11-16(21(20)25)13-4-6-14(26-2)7-5-13/h4-7,9-11,23H,3,8,12H2,1-2H3,(H,22,24). The fourth-order valence-electron chi connectivity index (χ4n) is 2.73. The Morgan fingerprint density at radius 2 is 1.93 bits per heavy atom. The molecule has 2 N–H and O–H groups in total. The highest BCUT2D eigenvalue weighted by molar-refractivity contribution is 5.88. The number of phenolic OH excluding ortho intramolecular Hbond substituents is 1. The highest BCUT2D eigenvalue weighted by Gasteiger charge is 2.15. The first-order chi connectivity index (χ1) is 13.5. The number of nitrogens with one attached hydrogen (secondary N) is 1. The molecule has 0 aliphatic heterocycles. The van der Waals surface area contributed by atoms with Crippen LogP contribution in [0.25, 0.3) is 22.1 Å². The van der Waals surface area contributed by atoms with E-state index in [1.54, 1.807) is 31.4 Å². The smallest absolute Gasteiger partial charge is 0.257 e. The van der Waals surface area contributed by atoms with Crippen molar-refractivity contribution >= 4 is 16.9 Å². The average Bonchev–Trinajstić information content (AvgIpc) is 2.71. The molecule has 2 aromatic carbocycles. The second-order valence-electron chi connectivity index (χ2n) is 6.16. The van der Waals surface area contributed by atoms with Gasteiger partial charge in [-0.2, -0.15) is 0 Å². The Kier molecular flexibility index (Phi) is 5.84. The van der Waals surface area contributed by atoms with E-state index < -0.39 is 0 Å². The van der Waals surface area contributed by atoms with Gasteiger partial charge < -0.3 is 24.3 Å². The van der Waals surface area contributed by atoms with Crippen molar-refractivity contribution in [1.29, 1.82) is 0 Å². The molecule has 0 radical (unpaired) electrons. The Balaban J connectivity index is 1.90. The van der Waals surface area contributed by atoms with E-state index in [0.717, 1.165) is 6.42 Å². The van der Waals surface area contributed by atoms with Crippen LogP contribution >= 0.6 is 0 Å². The minimum absolute atomic E-state index is 0.0519. The van der Waals surface area contributed by atoms with Gasteiger partial charge in [-0.25, -0.2) is 0 Å². The van der Waals surface area contributed by atoms with E-state index in [2.05, 4.69) is 5.32 Å². The minimum atomic E-state index is -0.365. The predicted octanol–water partition coefficient (Wildman–Crippen LogP) is 3.08. The monoisotopic (exact) mass is 383 g/mol. The number of hydrogen-bond donors (Lipinski definition) is 2. The lowest BCUT2D eigenvalue weighted by Crippen LogP contribution is -2.29. The van der Waals surface area contributed by atoms with Crippen LogP contribution < -0.4 is 20.2 Å². The van der Waals surface area contributed by atoms with Crippen LogP contribution in [0.2, 0.25) is 0 Å². The largest absolute Gasteiger partial charge is 0.507 e. The summed E-state index contributed by atoms with van der Waals surface area (Å²) in [5.41, 5.74) is 0.768. The molecule has 3 aromatic rings. The first-order valence-corrected chi connectivity index (χ1v) is 8.86. The SMILES string of the molecule is CCCNC(=O)COc1cc(O)c2c(=O)c(-c3ccc(OC)cc3)coc2c1. The van der Waals surface area contributed by atoms with Gasteiger partial charge in [0.1, 0.15) is 34.5 Å². The van der Waals surface area contributed by atoms with E-state index in [1.165, 1.54) is 18.4 Å². The lowest BCUT2D eigenvalue weighted by Gasteiger charge is -2.09. The van der Waals surface area contributed by atoms with Crippen LogP contribution in [0.15, 0.2) is 51.9 Å². The molecule has 0 saturated carbocycles. The summed E-state index contributed by atoms with van der Waals surface area (Å²) in [6.07, 6.45) is 2.16. The first-order valence-electron chi connectivity index (χ1n) is 8.86. The molecular weight excluding hydrogens is 362 g/mol. The van der Waals surface area contributed by atoms with Crippen LogP contribution in [0.5, 0.6) is 17.2 Å². The zero-order valence-corrected chi connectivity index (χ0v) is 15.7. The van der Waals surface area contributed by atoms with Crippen molar-refractivity contribution in [3.05, 3.63) is 52.9 Å². The number of fused-ring (bicyclic) bond motifs is 1. The van der Waals surface area contributed by atoms with E-state index >= 15 is 0 Å². The summed E-state index contributed by atoms with van der Waals surface area (Å²) in [4.78, 5) is 24.5. The maximum absolute atomic E-state index is 12.8. The van der Waals surface area contributed by atoms with E-state index in [1.807, 2.05) is 6.92 Å². The maximum atomic E-state index is 12.8. The molecule has 0 aliphatic carbocycles. The van der Waals surface area contributed by atoms with Gasteiger partial charge in [-0.05, 0) is 24.1 Å². The number of carbonyl (C=O) groups excluding carboxylic acids is 1. The third kappa shape index (κ3) is 4.09. The molecule has 0 bridgehead atoms. The Bertz CT molecular complexity index is 1040. The number of amides is 1. The highest BCUT2D eigenvalue weighted by atomic mass is 16.5. The average molecular weight is 383 g/mol. The number of carbonyl (C=O) groups is 1. The quantitative estimate of drug-likeness (QED) is 0.651. The first kappa shape index (κ1) is 19.3. The molecule has 0 spiro atoms. The van der Waals surface area contributed by atoms with Crippen molar-refractivity contribution in [3.63, 3.8) is 0 Å². The summed E-state index contributed by atoms with van der Waals surface area (Å²) in [6.45, 7) is 2.32. The predicted molar refractivity (Wildman–Crippen MR) is 105 cm³/mol. The minimum Gasteiger partial charge on any atom is -0.507 e. The molecule has 28 heavy (non-hydrogen) atoms. The Morgan fingerprint density at radius 1 is 1.18 bits per heavy atom. The summed E-state index contributed by atoms with van der Waals surface area (Å²) in [6, 6.07) is 9.71. The normalized spacial score (nSPS) is 10.6. The van der Waals surface area contributed by atoms with Gasteiger partial charge in [0.25, 0.3) is 5.91 Å². The van der Waals surface area contributed by atoms with Crippen LogP contribution in [-0.4, -0.2) is 31.3 Å². The molecule has 0 atom stereocenters. The molecule has 7 nitrogen and oxygen atoms in total. The van der Waals surface area contributed by atoms with Crippen molar-refractivity contribution in [3.8, 4) is 28.4 Å². The second kappa shape index (κ2) is 8.47. The molecular formula is C21H21NO6.